The van der Waals surface area contributed by atoms with E-state index in [-0.39, 0.29) is 0 Å². The van der Waals surface area contributed by atoms with Crippen LogP contribution in [0.25, 0.3) is 21.6 Å². The van der Waals surface area contributed by atoms with Crippen molar-refractivity contribution in [2.24, 2.45) is 5.11 Å². The molecule has 0 fully saturated rings. The second-order valence-electron chi connectivity index (χ2n) is 3.80. The number of nitrogens with zero attached hydrogens (tertiary/aromatic N) is 3. The highest BCUT2D eigenvalue weighted by molar-refractivity contribution is 5.73. The molecule has 0 N–H and O–H groups in total. The summed E-state index contributed by atoms with van der Waals surface area (Å²) in [6.07, 6.45) is 0. The quantitative estimate of drug-likeness (QED) is 0.464. The van der Waals surface area contributed by atoms with E-state index in [0.29, 0.717) is 5.69 Å². The lowest BCUT2D eigenvalue weighted by Crippen LogP contribution is -1.90. The van der Waals surface area contributed by atoms with Crippen molar-refractivity contribution < 1.29 is 9.47 Å². The van der Waals surface area contributed by atoms with Crippen LogP contribution in [0.4, 0.5) is 5.69 Å². The molecule has 0 aliphatic heterocycles. The molecule has 19 heavy (non-hydrogen) atoms. The molecular weight excluding hydrogens is 242 g/mol. The van der Waals surface area contributed by atoms with Crippen LogP contribution in [-0.2, 0) is 0 Å². The third-order valence-electron chi connectivity index (χ3n) is 2.75. The Morgan fingerprint density at radius 3 is 2.32 bits per heavy atom. The van der Waals surface area contributed by atoms with E-state index in [9.17, 15) is 0 Å². The molecule has 96 valence electrons. The summed E-state index contributed by atoms with van der Waals surface area (Å²) in [5.41, 5.74) is 10.8. The molecule has 5 heteroatoms. The standard InChI is InChI=1S/C14H13N3O2/c1-18-12-7-8-14(19-2)13(9-12)10-3-5-11(6-4-10)16-17-15/h3-9H,1-2H3. The maximum absolute atomic E-state index is 8.38. The maximum Gasteiger partial charge on any atom is 0.126 e. The van der Waals surface area contributed by atoms with E-state index in [0.717, 1.165) is 22.6 Å². The van der Waals surface area contributed by atoms with Crippen LogP contribution >= 0.6 is 0 Å². The van der Waals surface area contributed by atoms with Crippen LogP contribution in [0.1, 0.15) is 0 Å². The number of hydrogen-bond acceptors (Lipinski definition) is 3. The zero-order valence-corrected chi connectivity index (χ0v) is 10.7. The average Bonchev–Trinajstić information content (AvgIpc) is 2.47. The molecule has 0 bridgehead atoms. The minimum Gasteiger partial charge on any atom is -0.497 e. The van der Waals surface area contributed by atoms with Crippen molar-refractivity contribution in [3.63, 3.8) is 0 Å². The Bertz CT molecular complexity index is 617. The predicted molar refractivity (Wildman–Crippen MR) is 73.8 cm³/mol. The molecule has 0 aliphatic carbocycles. The van der Waals surface area contributed by atoms with E-state index in [1.54, 1.807) is 26.4 Å². The fraction of sp³-hybridized carbons (Fsp3) is 0.143. The zero-order valence-electron chi connectivity index (χ0n) is 10.7. The fourth-order valence-electron chi connectivity index (χ4n) is 1.80. The van der Waals surface area contributed by atoms with Crippen molar-refractivity contribution in [3.05, 3.63) is 52.9 Å². The number of ether oxygens (including phenoxy) is 2. The number of methoxy groups -OCH3 is 2. The highest BCUT2D eigenvalue weighted by Gasteiger charge is 2.07. The van der Waals surface area contributed by atoms with Gasteiger partial charge in [0, 0.05) is 16.2 Å². The minimum absolute atomic E-state index is 0.577. The molecule has 0 saturated heterocycles. The van der Waals surface area contributed by atoms with Crippen molar-refractivity contribution in [2.45, 2.75) is 0 Å². The van der Waals surface area contributed by atoms with Gasteiger partial charge in [0.15, 0.2) is 0 Å². The van der Waals surface area contributed by atoms with E-state index in [1.807, 2.05) is 30.3 Å². The molecule has 0 spiro atoms. The highest BCUT2D eigenvalue weighted by Crippen LogP contribution is 2.34. The number of benzene rings is 2. The summed E-state index contributed by atoms with van der Waals surface area (Å²) < 4.78 is 10.6. The summed E-state index contributed by atoms with van der Waals surface area (Å²) in [4.78, 5) is 2.75. The molecule has 0 heterocycles. The van der Waals surface area contributed by atoms with Crippen LogP contribution in [0.2, 0.25) is 0 Å². The van der Waals surface area contributed by atoms with Crippen LogP contribution in [0.5, 0.6) is 11.5 Å². The van der Waals surface area contributed by atoms with E-state index in [1.165, 1.54) is 0 Å². The summed E-state index contributed by atoms with van der Waals surface area (Å²) >= 11 is 0. The van der Waals surface area contributed by atoms with Gasteiger partial charge in [-0.1, -0.05) is 29.4 Å². The summed E-state index contributed by atoms with van der Waals surface area (Å²) in [6, 6.07) is 12.9. The Hall–Kier alpha value is -2.65. The van der Waals surface area contributed by atoms with E-state index < -0.39 is 0 Å². The first-order valence-electron chi connectivity index (χ1n) is 5.66. The van der Waals surface area contributed by atoms with Gasteiger partial charge in [-0.25, -0.2) is 0 Å². The van der Waals surface area contributed by atoms with Gasteiger partial charge in [-0.05, 0) is 29.3 Å². The van der Waals surface area contributed by atoms with Crippen molar-refractivity contribution in [1.82, 2.24) is 0 Å². The first-order chi connectivity index (χ1) is 9.28. The van der Waals surface area contributed by atoms with E-state index in [4.69, 9.17) is 15.0 Å². The highest BCUT2D eigenvalue weighted by atomic mass is 16.5. The third-order valence-corrected chi connectivity index (χ3v) is 2.75. The molecule has 0 saturated carbocycles. The summed E-state index contributed by atoms with van der Waals surface area (Å²) in [5, 5.41) is 3.54. The van der Waals surface area contributed by atoms with Gasteiger partial charge in [-0.3, -0.25) is 0 Å². The molecule has 2 aromatic rings. The predicted octanol–water partition coefficient (Wildman–Crippen LogP) is 4.31. The Labute approximate surface area is 111 Å². The van der Waals surface area contributed by atoms with Crippen molar-refractivity contribution in [1.29, 1.82) is 0 Å². The maximum atomic E-state index is 8.38. The van der Waals surface area contributed by atoms with Crippen LogP contribution < -0.4 is 9.47 Å². The molecular formula is C14H13N3O2. The second kappa shape index (κ2) is 5.80. The number of hydrogen-bond donors (Lipinski definition) is 0. The monoisotopic (exact) mass is 255 g/mol. The minimum atomic E-state index is 0.577. The van der Waals surface area contributed by atoms with Crippen molar-refractivity contribution in [3.8, 4) is 22.6 Å². The normalized spacial score (nSPS) is 9.58. The number of rotatable bonds is 4. The first kappa shape index (κ1) is 12.8. The van der Waals surface area contributed by atoms with E-state index in [2.05, 4.69) is 10.0 Å². The van der Waals surface area contributed by atoms with Gasteiger partial charge in [0.2, 0.25) is 0 Å². The first-order valence-corrected chi connectivity index (χ1v) is 5.66. The van der Waals surface area contributed by atoms with Gasteiger partial charge in [0.25, 0.3) is 0 Å². The van der Waals surface area contributed by atoms with Gasteiger partial charge >= 0.3 is 0 Å². The van der Waals surface area contributed by atoms with E-state index >= 15 is 0 Å². The molecule has 0 amide bonds. The Balaban J connectivity index is 2.47. The topological polar surface area (TPSA) is 67.2 Å². The molecule has 0 atom stereocenters. The van der Waals surface area contributed by atoms with Gasteiger partial charge in [-0.2, -0.15) is 0 Å². The zero-order chi connectivity index (χ0) is 13.7. The van der Waals surface area contributed by atoms with Crippen molar-refractivity contribution in [2.75, 3.05) is 14.2 Å². The Morgan fingerprint density at radius 1 is 1.00 bits per heavy atom. The lowest BCUT2D eigenvalue weighted by atomic mass is 10.0. The number of azide groups is 1. The van der Waals surface area contributed by atoms with Crippen LogP contribution in [0.15, 0.2) is 47.6 Å². The average molecular weight is 255 g/mol. The lowest BCUT2D eigenvalue weighted by molar-refractivity contribution is 0.404. The molecule has 0 aromatic heterocycles. The van der Waals surface area contributed by atoms with Gasteiger partial charge in [0.05, 0.1) is 14.2 Å². The van der Waals surface area contributed by atoms with Crippen LogP contribution in [0.3, 0.4) is 0 Å². The third kappa shape index (κ3) is 2.78. The van der Waals surface area contributed by atoms with Crippen molar-refractivity contribution >= 4 is 5.69 Å². The van der Waals surface area contributed by atoms with Gasteiger partial charge < -0.3 is 9.47 Å². The van der Waals surface area contributed by atoms with Crippen LogP contribution in [0, 0.1) is 0 Å². The Kier molecular flexibility index (Phi) is 3.90. The molecule has 0 aliphatic rings. The Morgan fingerprint density at radius 2 is 1.74 bits per heavy atom. The smallest absolute Gasteiger partial charge is 0.126 e. The largest absolute Gasteiger partial charge is 0.497 e. The summed E-state index contributed by atoms with van der Waals surface area (Å²) in [7, 11) is 3.25. The van der Waals surface area contributed by atoms with Gasteiger partial charge in [0.1, 0.15) is 11.5 Å². The van der Waals surface area contributed by atoms with Crippen LogP contribution in [-0.4, -0.2) is 14.2 Å². The summed E-state index contributed by atoms with van der Waals surface area (Å²) in [5.74, 6) is 1.52. The molecule has 2 rings (SSSR count). The SMILES string of the molecule is COc1ccc(OC)c(-c2ccc(N=[N+]=[N-])cc2)c1. The molecule has 2 aromatic carbocycles. The second-order valence-corrected chi connectivity index (χ2v) is 3.80. The molecule has 0 radical (unpaired) electrons. The molecule has 0 unspecified atom stereocenters. The lowest BCUT2D eigenvalue weighted by Gasteiger charge is -2.10. The van der Waals surface area contributed by atoms with Gasteiger partial charge in [-0.15, -0.1) is 0 Å². The summed E-state index contributed by atoms with van der Waals surface area (Å²) in [6.45, 7) is 0. The molecule has 5 nitrogen and oxygen atoms in total. The fourth-order valence-corrected chi connectivity index (χ4v) is 1.80.